The number of ether oxygens (including phenoxy) is 3. The smallest absolute Gasteiger partial charge is 0.378 e. The molecule has 0 unspecified atom stereocenters. The molecule has 780 valence electrons. The highest BCUT2D eigenvalue weighted by Crippen LogP contribution is 2.42. The Morgan fingerprint density at radius 2 is 0.788 bits per heavy atom. The molecule has 14 aromatic rings. The first-order valence-corrected chi connectivity index (χ1v) is 50.6. The Morgan fingerprint density at radius 1 is 0.404 bits per heavy atom. The Morgan fingerprint density at radius 3 is 1.22 bits per heavy atom. The minimum atomic E-state index is -4.46. The molecule has 5 fully saturated rings. The van der Waals surface area contributed by atoms with Crippen LogP contribution in [0.15, 0.2) is 134 Å². The van der Waals surface area contributed by atoms with E-state index < -0.39 is 24.2 Å². The summed E-state index contributed by atoms with van der Waals surface area (Å²) in [6.45, 7) is 33.1. The summed E-state index contributed by atoms with van der Waals surface area (Å²) in [5.74, 6) is 2.99. The molecule has 5 aliphatic rings. The average Bonchev–Trinajstić information content (AvgIpc) is 1.63. The normalized spacial score (nSPS) is 14.6. The molecule has 41 heteroatoms. The molecule has 14 heterocycles. The number of amides is 6. The summed E-state index contributed by atoms with van der Waals surface area (Å²) in [6, 6.07) is 39.0. The van der Waals surface area contributed by atoms with Crippen LogP contribution in [0.2, 0.25) is 10.3 Å². The van der Waals surface area contributed by atoms with Crippen molar-refractivity contribution in [2.75, 3.05) is 76.3 Å². The van der Waals surface area contributed by atoms with E-state index in [2.05, 4.69) is 154 Å². The Labute approximate surface area is 863 Å². The van der Waals surface area contributed by atoms with Gasteiger partial charge in [-0.2, -0.15) is 13.2 Å². The number of rotatable bonds is 27. The second-order valence-electron chi connectivity index (χ2n) is 41.5. The van der Waals surface area contributed by atoms with Gasteiger partial charge in [0.15, 0.2) is 33.9 Å². The van der Waals surface area contributed by atoms with Gasteiger partial charge in [0.1, 0.15) is 55.8 Å². The lowest BCUT2D eigenvalue weighted by atomic mass is 9.92. The van der Waals surface area contributed by atoms with Gasteiger partial charge >= 0.3 is 6.18 Å². The van der Waals surface area contributed by atoms with E-state index in [4.69, 9.17) is 47.4 Å². The zero-order chi connectivity index (χ0) is 104. The van der Waals surface area contributed by atoms with Gasteiger partial charge in [0.2, 0.25) is 71.1 Å². The molecule has 0 bridgehead atoms. The molecule has 146 heavy (non-hydrogen) atoms. The summed E-state index contributed by atoms with van der Waals surface area (Å²) in [5.41, 5.74) is 11.4. The van der Waals surface area contributed by atoms with Gasteiger partial charge in [-0.15, -0.1) is 12.4 Å². The number of nitrogens with zero attached hydrogens (tertiary/aromatic N) is 20. The molecule has 19 rings (SSSR count). The zero-order valence-corrected chi connectivity index (χ0v) is 88.1. The molecular formula is C105H134Cl3F3N26O9. The molecule has 1 saturated heterocycles. The minimum Gasteiger partial charge on any atom is -0.378 e. The van der Waals surface area contributed by atoms with Crippen molar-refractivity contribution in [3.63, 3.8) is 0 Å². The van der Waals surface area contributed by atoms with Crippen molar-refractivity contribution >= 4 is 180 Å². The van der Waals surface area contributed by atoms with E-state index >= 15 is 0 Å². The lowest BCUT2D eigenvalue weighted by Crippen LogP contribution is -2.36. The fourth-order valence-corrected chi connectivity index (χ4v) is 17.0. The molecule has 35 nitrogen and oxygen atoms in total. The Kier molecular flexibility index (Phi) is 37.2. The lowest BCUT2D eigenvalue weighted by molar-refractivity contribution is -0.140. The Hall–Kier alpha value is -12.8. The average molecular weight is 2070 g/mol. The van der Waals surface area contributed by atoms with E-state index in [1.807, 2.05) is 162 Å². The second kappa shape index (κ2) is 49.2. The van der Waals surface area contributed by atoms with Gasteiger partial charge in [0.05, 0.1) is 56.9 Å². The number of anilines is 7. The maximum Gasteiger partial charge on any atom is 0.406 e. The molecule has 0 spiro atoms. The number of alkyl halides is 3. The highest BCUT2D eigenvalue weighted by molar-refractivity contribution is 6.30. The summed E-state index contributed by atoms with van der Waals surface area (Å²) in [7, 11) is 0. The van der Waals surface area contributed by atoms with Crippen LogP contribution in [-0.4, -0.2) is 185 Å². The number of aryl methyl sites for hydroxylation is 4. The number of hydrogen-bond acceptors (Lipinski definition) is 23. The summed E-state index contributed by atoms with van der Waals surface area (Å²) < 4.78 is 66.0. The standard InChI is InChI=1S/C20H29N5O2.C18H19ClN4O.C18H26N4O2.C17H16ClN5O.C17H24N4O.C15H19F3N4O2.ClH/c1-20(2,3)13-17(26)23-19-21-15-7-8-16(24-9-11-27-12-10-24)22-18(15)25(19)14-5-4-6-14;1-2-12-23-17-14(9-10-15(19)21-17)20-18(23)22-16(24)11-8-13-6-4-3-5-7-13;1-12-8-9-14-16(19-12)22(13-6-5-7-13)17(20-14)21-15(23)10-11-24-18(2,3)4;18-14-8-7-13-16(21-14)23(12-5-3-6-12)17(20-13)22-15(24)10-11-4-1-2-9-19-11;1-11-8-9-13-15(18-11)21(12-6-5-7-12)16(19-13)20-14(22)10-17(2,3)4;1-14(2,3)24-8-6-11(23)21-13-20-10-5-4-7-19-12(10)22(13)9-15(16,17)18;/h7-8,14H,4-6,9-13H2,1-3H3,(H,21,23,26);3-7,9-10H,2,8,11-12H2,1H3,(H,20,22,24);8-9,13H,5-7,10-11H2,1-4H3,(H,20,21,23);1-2,4,7-9,12H,3,5-6,10H2,(H,20,22,24);8-9,12H,5-7,10H2,1-4H3,(H,19,20,22);4-5,7H,6,8-9H2,1-3H3,(H,20,21,23);1H. The van der Waals surface area contributed by atoms with E-state index in [0.29, 0.717) is 109 Å². The minimum absolute atomic E-state index is 0. The Bertz CT molecular complexity index is 6840. The van der Waals surface area contributed by atoms with Crippen molar-refractivity contribution in [1.82, 2.24) is 92.2 Å². The van der Waals surface area contributed by atoms with Crippen molar-refractivity contribution in [2.24, 2.45) is 10.8 Å². The van der Waals surface area contributed by atoms with E-state index in [1.54, 1.807) is 24.4 Å². The third-order valence-electron chi connectivity index (χ3n) is 24.5. The van der Waals surface area contributed by atoms with Crippen molar-refractivity contribution in [3.8, 4) is 0 Å². The number of carbonyl (C=O) groups is 6. The van der Waals surface area contributed by atoms with Crippen LogP contribution in [0.5, 0.6) is 0 Å². The number of morpholine rings is 1. The fourth-order valence-electron chi connectivity index (χ4n) is 16.7. The van der Waals surface area contributed by atoms with Crippen molar-refractivity contribution in [2.45, 2.75) is 287 Å². The third-order valence-corrected chi connectivity index (χ3v) is 24.9. The quantitative estimate of drug-likeness (QED) is 0.0260. The lowest BCUT2D eigenvalue weighted by Gasteiger charge is -2.30. The summed E-state index contributed by atoms with van der Waals surface area (Å²) in [5, 5.41) is 18.0. The second-order valence-corrected chi connectivity index (χ2v) is 42.2. The molecule has 0 radical (unpaired) electrons. The number of nitrogens with one attached hydrogen (secondary N) is 6. The number of carbonyl (C=O) groups excluding carboxylic acids is 6. The van der Waals surface area contributed by atoms with Gasteiger partial charge in [0.25, 0.3) is 0 Å². The number of hydrogen-bond donors (Lipinski definition) is 6. The number of aromatic nitrogens is 19. The van der Waals surface area contributed by atoms with E-state index in [1.165, 1.54) is 37.9 Å². The van der Waals surface area contributed by atoms with Crippen molar-refractivity contribution in [3.05, 3.63) is 167 Å². The predicted molar refractivity (Wildman–Crippen MR) is 566 cm³/mol. The monoisotopic (exact) mass is 2060 g/mol. The maximum atomic E-state index is 12.8. The van der Waals surface area contributed by atoms with Gasteiger partial charge < -0.3 is 19.1 Å². The molecular weight excluding hydrogens is 1930 g/mol. The number of imidazole rings is 6. The van der Waals surface area contributed by atoms with Crippen LogP contribution >= 0.6 is 35.6 Å². The fraction of sp³-hybridized carbons (Fsp3) is 0.495. The van der Waals surface area contributed by atoms with Crippen LogP contribution in [0.1, 0.15) is 252 Å². The van der Waals surface area contributed by atoms with Gasteiger partial charge in [-0.25, -0.2) is 59.8 Å². The predicted octanol–water partition coefficient (Wildman–Crippen LogP) is 21.8. The summed E-state index contributed by atoms with van der Waals surface area (Å²) >= 11 is 12.0. The number of benzene rings is 1. The topological polar surface area (TPSA) is 403 Å². The summed E-state index contributed by atoms with van der Waals surface area (Å²) in [4.78, 5) is 134. The SMILES string of the molecule is CC(C)(C)CC(=O)Nc1nc2ccc(N3CCOCC3)nc2n1C1CCC1.CC(C)(C)OCCC(=O)Nc1nc2cccnc2n1CC(F)(F)F.CCCn1c(NC(=O)CCc2ccccc2)nc2ccc(Cl)nc21.Cc1ccc2nc(NC(=O)CC(C)(C)C)n(C3CCC3)c2n1.Cc1ccc2nc(NC(=O)CCOC(C)(C)C)n(C3CCC3)c2n1.Cl.O=C(Cc1ccccn1)Nc1nc2ccc(Cl)nc2n1C1CCC1. The molecule has 6 N–H and O–H groups in total. The number of halogens is 6. The van der Waals surface area contributed by atoms with Crippen LogP contribution in [0.25, 0.3) is 67.0 Å². The van der Waals surface area contributed by atoms with Gasteiger partial charge in [-0.05, 0) is 247 Å². The molecule has 4 saturated carbocycles. The first kappa shape index (κ1) is 110. The molecule has 1 aliphatic heterocycles. The van der Waals surface area contributed by atoms with Crippen LogP contribution < -0.4 is 36.8 Å². The van der Waals surface area contributed by atoms with Gasteiger partial charge in [-0.3, -0.25) is 93.1 Å². The largest absolute Gasteiger partial charge is 0.406 e. The van der Waals surface area contributed by atoms with E-state index in [9.17, 15) is 41.9 Å². The summed E-state index contributed by atoms with van der Waals surface area (Å²) in [6.07, 6.45) is 15.7. The molecule has 6 amide bonds. The van der Waals surface area contributed by atoms with Crippen LogP contribution in [0.3, 0.4) is 0 Å². The van der Waals surface area contributed by atoms with E-state index in [0.717, 1.165) is 174 Å². The highest BCUT2D eigenvalue weighted by Gasteiger charge is 2.35. The highest BCUT2D eigenvalue weighted by atomic mass is 35.5. The van der Waals surface area contributed by atoms with Crippen molar-refractivity contribution < 1.29 is 56.1 Å². The van der Waals surface area contributed by atoms with Crippen molar-refractivity contribution in [1.29, 1.82) is 0 Å². The van der Waals surface area contributed by atoms with Gasteiger partial charge in [0, 0.05) is 92.5 Å². The molecule has 1 aromatic carbocycles. The Balaban J connectivity index is 0.000000147. The first-order valence-electron chi connectivity index (χ1n) is 49.9. The maximum absolute atomic E-state index is 12.8. The first-order chi connectivity index (χ1) is 69.0. The zero-order valence-electron chi connectivity index (χ0n) is 85.7. The van der Waals surface area contributed by atoms with Gasteiger partial charge in [-0.1, -0.05) is 108 Å². The number of pyridine rings is 7. The third kappa shape index (κ3) is 30.9. The number of fused-ring (bicyclic) bond motifs is 6. The molecule has 0 atom stereocenters. The van der Waals surface area contributed by atoms with E-state index in [-0.39, 0.29) is 94.9 Å². The molecule has 4 aliphatic carbocycles. The molecule has 13 aromatic heterocycles. The van der Waals surface area contributed by atoms with Crippen LogP contribution in [0.4, 0.5) is 54.7 Å². The van der Waals surface area contributed by atoms with Crippen LogP contribution in [0, 0.1) is 24.7 Å². The van der Waals surface area contributed by atoms with Crippen LogP contribution in [-0.2, 0) is 68.9 Å².